The molecule has 0 aromatic heterocycles. The van der Waals surface area contributed by atoms with E-state index in [0.717, 1.165) is 0 Å². The lowest BCUT2D eigenvalue weighted by molar-refractivity contribution is -0.0832. The number of phenolic OH excluding ortho intramolecular Hbond substituents is 2. The molecular weight excluding hydrogens is 352 g/mol. The van der Waals surface area contributed by atoms with E-state index in [2.05, 4.69) is 0 Å². The summed E-state index contributed by atoms with van der Waals surface area (Å²) in [4.78, 5) is 25.0. The Morgan fingerprint density at radius 1 is 0.926 bits per heavy atom. The molecule has 3 aliphatic rings. The standard InChI is InChI=1S/C20H16O7/c21-9-4-2-8-7-1-3-10(22)14-12(7)16(18(25)19(26)17(14)24)20(27)6-5-11(23)13(9)15(8)20/h1-4,16,18-19,21-22,25-27H,5-6H2/t16-,18-,19+,20-/m1/s1. The summed E-state index contributed by atoms with van der Waals surface area (Å²) in [5, 5.41) is 53.1. The molecule has 7 heteroatoms. The zero-order chi connectivity index (χ0) is 19.2. The molecule has 0 aliphatic heterocycles. The lowest BCUT2D eigenvalue weighted by Gasteiger charge is -2.50. The van der Waals surface area contributed by atoms with Gasteiger partial charge in [0.05, 0.1) is 17.2 Å². The molecule has 5 N–H and O–H groups in total. The number of rotatable bonds is 0. The second kappa shape index (κ2) is 4.95. The first kappa shape index (κ1) is 16.4. The van der Waals surface area contributed by atoms with E-state index >= 15 is 0 Å². The van der Waals surface area contributed by atoms with Crippen molar-refractivity contribution in [3.05, 3.63) is 46.5 Å². The molecule has 0 saturated heterocycles. The van der Waals surface area contributed by atoms with Gasteiger partial charge in [0.2, 0.25) is 0 Å². The van der Waals surface area contributed by atoms with Gasteiger partial charge in [0.25, 0.3) is 0 Å². The first-order valence-electron chi connectivity index (χ1n) is 8.66. The number of aliphatic hydroxyl groups excluding tert-OH is 2. The Morgan fingerprint density at radius 2 is 1.56 bits per heavy atom. The minimum Gasteiger partial charge on any atom is -0.507 e. The number of benzene rings is 2. The number of hydrogen-bond acceptors (Lipinski definition) is 7. The number of fused-ring (bicyclic) bond motifs is 2. The van der Waals surface area contributed by atoms with Crippen LogP contribution in [-0.2, 0) is 5.60 Å². The van der Waals surface area contributed by atoms with E-state index in [1.807, 2.05) is 0 Å². The van der Waals surface area contributed by atoms with Crippen LogP contribution in [0.4, 0.5) is 0 Å². The van der Waals surface area contributed by atoms with Crippen LogP contribution >= 0.6 is 0 Å². The predicted octanol–water partition coefficient (Wildman–Crippen LogP) is 0.944. The quantitative estimate of drug-likeness (QED) is 0.467. The van der Waals surface area contributed by atoms with Gasteiger partial charge in [0, 0.05) is 17.9 Å². The van der Waals surface area contributed by atoms with Crippen LogP contribution in [0.15, 0.2) is 24.3 Å². The van der Waals surface area contributed by atoms with Gasteiger partial charge in [-0.15, -0.1) is 0 Å². The van der Waals surface area contributed by atoms with E-state index in [9.17, 15) is 35.1 Å². The number of hydrogen-bond donors (Lipinski definition) is 5. The molecule has 7 nitrogen and oxygen atoms in total. The lowest BCUT2D eigenvalue weighted by atomic mass is 9.57. The van der Waals surface area contributed by atoms with Crippen molar-refractivity contribution in [1.82, 2.24) is 0 Å². The highest BCUT2D eigenvalue weighted by atomic mass is 16.3. The predicted molar refractivity (Wildman–Crippen MR) is 91.8 cm³/mol. The van der Waals surface area contributed by atoms with Gasteiger partial charge in [0.15, 0.2) is 11.6 Å². The van der Waals surface area contributed by atoms with Crippen molar-refractivity contribution in [2.45, 2.75) is 36.6 Å². The van der Waals surface area contributed by atoms with E-state index < -0.39 is 29.5 Å². The number of aromatic hydroxyl groups is 2. The van der Waals surface area contributed by atoms with Gasteiger partial charge in [-0.1, -0.05) is 12.1 Å². The molecule has 0 amide bonds. The second-order valence-corrected chi connectivity index (χ2v) is 7.43. The van der Waals surface area contributed by atoms with Crippen LogP contribution in [0.2, 0.25) is 0 Å². The highest BCUT2D eigenvalue weighted by Gasteiger charge is 2.58. The van der Waals surface area contributed by atoms with E-state index in [1.165, 1.54) is 12.1 Å². The smallest absolute Gasteiger partial charge is 0.197 e. The van der Waals surface area contributed by atoms with Crippen molar-refractivity contribution in [3.8, 4) is 22.6 Å². The molecule has 4 atom stereocenters. The molecule has 0 bridgehead atoms. The third-order valence-corrected chi connectivity index (χ3v) is 6.15. The van der Waals surface area contributed by atoms with Crippen molar-refractivity contribution < 1.29 is 35.1 Å². The third-order valence-electron chi connectivity index (χ3n) is 6.15. The molecule has 2 aromatic carbocycles. The Balaban J connectivity index is 1.98. The number of phenols is 2. The molecule has 0 fully saturated rings. The van der Waals surface area contributed by atoms with Crippen LogP contribution in [0.5, 0.6) is 11.5 Å². The van der Waals surface area contributed by atoms with Gasteiger partial charge in [-0.05, 0) is 35.2 Å². The highest BCUT2D eigenvalue weighted by molar-refractivity contribution is 6.09. The normalized spacial score (nSPS) is 30.7. The Morgan fingerprint density at radius 3 is 2.26 bits per heavy atom. The summed E-state index contributed by atoms with van der Waals surface area (Å²) >= 11 is 0. The minimum atomic E-state index is -1.81. The molecular formula is C20H16O7. The van der Waals surface area contributed by atoms with Gasteiger partial charge in [0.1, 0.15) is 23.2 Å². The Bertz CT molecular complexity index is 1060. The van der Waals surface area contributed by atoms with Gasteiger partial charge in [-0.2, -0.15) is 0 Å². The zero-order valence-electron chi connectivity index (χ0n) is 14.0. The molecule has 0 spiro atoms. The second-order valence-electron chi connectivity index (χ2n) is 7.43. The molecule has 138 valence electrons. The maximum Gasteiger partial charge on any atom is 0.197 e. The van der Waals surface area contributed by atoms with Gasteiger partial charge >= 0.3 is 0 Å². The van der Waals surface area contributed by atoms with Crippen molar-refractivity contribution in [2.24, 2.45) is 0 Å². The van der Waals surface area contributed by atoms with Crippen molar-refractivity contribution in [3.63, 3.8) is 0 Å². The topological polar surface area (TPSA) is 135 Å². The molecule has 0 saturated carbocycles. The van der Waals surface area contributed by atoms with E-state index in [4.69, 9.17) is 0 Å². The van der Waals surface area contributed by atoms with Crippen molar-refractivity contribution >= 4 is 11.6 Å². The average molecular weight is 368 g/mol. The van der Waals surface area contributed by atoms with Crippen LogP contribution < -0.4 is 0 Å². The van der Waals surface area contributed by atoms with E-state index in [-0.39, 0.29) is 52.4 Å². The number of carbonyl (C=O) groups excluding carboxylic acids is 2. The lowest BCUT2D eigenvalue weighted by Crippen LogP contribution is -2.54. The zero-order valence-corrected chi connectivity index (χ0v) is 14.0. The van der Waals surface area contributed by atoms with Gasteiger partial charge in [-0.3, -0.25) is 9.59 Å². The fourth-order valence-electron chi connectivity index (χ4n) is 5.02. The van der Waals surface area contributed by atoms with Crippen LogP contribution in [-0.4, -0.2) is 49.3 Å². The summed E-state index contributed by atoms with van der Waals surface area (Å²) in [7, 11) is 0. The summed E-state index contributed by atoms with van der Waals surface area (Å²) in [5.74, 6) is -2.86. The summed E-state index contributed by atoms with van der Waals surface area (Å²) in [6, 6.07) is 5.75. The maximum atomic E-state index is 12.5. The largest absolute Gasteiger partial charge is 0.507 e. The summed E-state index contributed by atoms with van der Waals surface area (Å²) in [6.07, 6.45) is -3.52. The monoisotopic (exact) mass is 368 g/mol. The molecule has 5 rings (SSSR count). The summed E-state index contributed by atoms with van der Waals surface area (Å²) in [5.41, 5.74) is -0.494. The molecule has 0 radical (unpaired) electrons. The van der Waals surface area contributed by atoms with Gasteiger partial charge in [-0.25, -0.2) is 0 Å². The minimum absolute atomic E-state index is 0.000106. The molecule has 3 aliphatic carbocycles. The first-order valence-corrected chi connectivity index (χ1v) is 8.66. The molecule has 0 unspecified atom stereocenters. The number of aliphatic hydroxyl groups is 3. The van der Waals surface area contributed by atoms with E-state index in [0.29, 0.717) is 11.1 Å². The molecule has 2 aromatic rings. The van der Waals surface area contributed by atoms with Crippen molar-refractivity contribution in [2.75, 3.05) is 0 Å². The summed E-state index contributed by atoms with van der Waals surface area (Å²) < 4.78 is 0. The fourth-order valence-corrected chi connectivity index (χ4v) is 5.02. The van der Waals surface area contributed by atoms with Gasteiger partial charge < -0.3 is 25.5 Å². The highest BCUT2D eigenvalue weighted by Crippen LogP contribution is 2.60. The van der Waals surface area contributed by atoms with E-state index in [1.54, 1.807) is 12.1 Å². The van der Waals surface area contributed by atoms with Crippen LogP contribution in [0.3, 0.4) is 0 Å². The van der Waals surface area contributed by atoms with Crippen LogP contribution in [0.25, 0.3) is 11.1 Å². The number of ketones is 2. The Kier molecular flexibility index (Phi) is 3.01. The SMILES string of the molecule is O=C1CC[C@@]2(O)c3c(ccc(O)c31)-c1ccc(O)c3c1[C@@H]2[C@@H](O)[C@@H](O)C3=O. The van der Waals surface area contributed by atoms with Crippen molar-refractivity contribution in [1.29, 1.82) is 0 Å². The van der Waals surface area contributed by atoms with Crippen LogP contribution in [0, 0.1) is 0 Å². The number of carbonyl (C=O) groups is 2. The summed E-state index contributed by atoms with van der Waals surface area (Å²) in [6.45, 7) is 0. The Labute approximate surface area is 153 Å². The maximum absolute atomic E-state index is 12.5. The first-order chi connectivity index (χ1) is 12.8. The van der Waals surface area contributed by atoms with Crippen LogP contribution in [0.1, 0.15) is 50.6 Å². The molecule has 0 heterocycles. The fraction of sp³-hybridized carbons (Fsp3) is 0.300. The Hall–Kier alpha value is -2.74. The average Bonchev–Trinajstić information content (AvgIpc) is 2.63. The third kappa shape index (κ3) is 1.76. The molecule has 27 heavy (non-hydrogen) atoms. The number of Topliss-reactive ketones (excluding diaryl/α,β-unsaturated/α-hetero) is 2.